The molecule has 35 heavy (non-hydrogen) atoms. The van der Waals surface area contributed by atoms with Gasteiger partial charge in [0.05, 0.1) is 42.8 Å². The third kappa shape index (κ3) is 5.70. The van der Waals surface area contributed by atoms with Gasteiger partial charge in [-0.05, 0) is 48.0 Å². The van der Waals surface area contributed by atoms with Gasteiger partial charge in [-0.1, -0.05) is 18.2 Å². The van der Waals surface area contributed by atoms with Crippen molar-refractivity contribution >= 4 is 28.9 Å². The van der Waals surface area contributed by atoms with Gasteiger partial charge in [0.25, 0.3) is 11.8 Å². The van der Waals surface area contributed by atoms with Crippen molar-refractivity contribution in [3.63, 3.8) is 0 Å². The minimum absolute atomic E-state index is 0.135. The first kappa shape index (κ1) is 24.0. The van der Waals surface area contributed by atoms with Crippen LogP contribution in [0.2, 0.25) is 0 Å². The number of carbonyl (C=O) groups excluding carboxylic acids is 2. The number of rotatable bonds is 7. The highest BCUT2D eigenvalue weighted by atomic mass is 19.1. The Bertz CT molecular complexity index is 1230. The second kappa shape index (κ2) is 10.9. The number of nitrogens with one attached hydrogen (secondary N) is 2. The zero-order valence-corrected chi connectivity index (χ0v) is 19.3. The first-order chi connectivity index (χ1) is 17.0. The lowest BCUT2D eigenvalue weighted by Crippen LogP contribution is -2.38. The highest BCUT2D eigenvalue weighted by Gasteiger charge is 2.20. The summed E-state index contributed by atoms with van der Waals surface area (Å²) in [5.41, 5.74) is 8.73. The van der Waals surface area contributed by atoms with Gasteiger partial charge in [0.2, 0.25) is 0 Å². The van der Waals surface area contributed by atoms with E-state index in [9.17, 15) is 14.0 Å². The average Bonchev–Trinajstić information content (AvgIpc) is 2.88. The highest BCUT2D eigenvalue weighted by Crippen LogP contribution is 2.25. The summed E-state index contributed by atoms with van der Waals surface area (Å²) in [6.07, 6.45) is 0. The van der Waals surface area contributed by atoms with E-state index in [1.54, 1.807) is 48.5 Å². The summed E-state index contributed by atoms with van der Waals surface area (Å²) >= 11 is 0. The molecule has 0 spiro atoms. The van der Waals surface area contributed by atoms with Gasteiger partial charge >= 0.3 is 0 Å². The molecule has 1 aliphatic heterocycles. The Morgan fingerprint density at radius 3 is 2.54 bits per heavy atom. The number of methoxy groups -OCH3 is 1. The first-order valence-electron chi connectivity index (χ1n) is 11.2. The number of hydrogen-bond acceptors (Lipinski definition) is 6. The largest absolute Gasteiger partial charge is 0.496 e. The van der Waals surface area contributed by atoms with Crippen LogP contribution in [0, 0.1) is 5.82 Å². The molecule has 0 unspecified atom stereocenters. The maximum Gasteiger partial charge on any atom is 0.259 e. The zero-order valence-electron chi connectivity index (χ0n) is 19.3. The highest BCUT2D eigenvalue weighted by molar-refractivity contribution is 6.07. The number of amides is 2. The minimum Gasteiger partial charge on any atom is -0.496 e. The number of halogens is 1. The fraction of sp³-hybridized carbons (Fsp3) is 0.231. The van der Waals surface area contributed by atoms with E-state index in [4.69, 9.17) is 15.2 Å². The molecule has 182 valence electrons. The molecule has 3 aromatic carbocycles. The van der Waals surface area contributed by atoms with Gasteiger partial charge in [-0.15, -0.1) is 0 Å². The van der Waals surface area contributed by atoms with E-state index in [1.807, 2.05) is 4.90 Å². The summed E-state index contributed by atoms with van der Waals surface area (Å²) in [5.74, 6) is -0.917. The Morgan fingerprint density at radius 2 is 1.80 bits per heavy atom. The van der Waals surface area contributed by atoms with Crippen molar-refractivity contribution in [1.29, 1.82) is 0 Å². The standard InChI is InChI=1S/C26H27FN4O4/c1-34-24-9-6-17(14-20(24)26(33)30-22-5-3-2-4-21(22)28)16-29-25(32)19-15-18(27)7-8-23(19)31-10-12-35-13-11-31/h2-9,14-15H,10-13,16,28H2,1H3,(H,29,32)(H,30,33). The van der Waals surface area contributed by atoms with E-state index < -0.39 is 17.6 Å². The Hall–Kier alpha value is -4.11. The summed E-state index contributed by atoms with van der Waals surface area (Å²) in [7, 11) is 1.47. The Labute approximate surface area is 202 Å². The molecule has 1 fully saturated rings. The summed E-state index contributed by atoms with van der Waals surface area (Å²) < 4.78 is 24.7. The molecule has 4 N–H and O–H groups in total. The molecular formula is C26H27FN4O4. The molecule has 2 amide bonds. The van der Waals surface area contributed by atoms with Crippen LogP contribution < -0.4 is 26.0 Å². The second-order valence-corrected chi connectivity index (χ2v) is 8.02. The van der Waals surface area contributed by atoms with E-state index in [0.717, 1.165) is 0 Å². The lowest BCUT2D eigenvalue weighted by molar-refractivity contribution is 0.0948. The SMILES string of the molecule is COc1ccc(CNC(=O)c2cc(F)ccc2N2CCOCC2)cc1C(=O)Nc1ccccc1N. The first-order valence-corrected chi connectivity index (χ1v) is 11.2. The van der Waals surface area contributed by atoms with Crippen LogP contribution in [0.5, 0.6) is 5.75 Å². The second-order valence-electron chi connectivity index (χ2n) is 8.02. The molecule has 1 aliphatic rings. The summed E-state index contributed by atoms with van der Waals surface area (Å²) in [4.78, 5) is 27.9. The molecule has 0 saturated carbocycles. The van der Waals surface area contributed by atoms with Crippen molar-refractivity contribution in [1.82, 2.24) is 5.32 Å². The average molecular weight is 479 g/mol. The molecule has 3 aromatic rings. The number of para-hydroxylation sites is 2. The molecule has 8 nitrogen and oxygen atoms in total. The number of benzene rings is 3. The number of anilines is 3. The van der Waals surface area contributed by atoms with Gasteiger partial charge in [0.1, 0.15) is 11.6 Å². The molecule has 0 aromatic heterocycles. The van der Waals surface area contributed by atoms with Crippen molar-refractivity contribution < 1.29 is 23.5 Å². The van der Waals surface area contributed by atoms with Crippen molar-refractivity contribution in [3.8, 4) is 5.75 Å². The predicted octanol–water partition coefficient (Wildman–Crippen LogP) is 3.44. The summed E-state index contributed by atoms with van der Waals surface area (Å²) in [6, 6.07) is 16.2. The minimum atomic E-state index is -0.490. The van der Waals surface area contributed by atoms with Gasteiger partial charge in [-0.3, -0.25) is 9.59 Å². The Balaban J connectivity index is 1.50. The fourth-order valence-corrected chi connectivity index (χ4v) is 3.89. The van der Waals surface area contributed by atoms with Gasteiger partial charge in [0, 0.05) is 25.3 Å². The van der Waals surface area contributed by atoms with Crippen LogP contribution >= 0.6 is 0 Å². The topological polar surface area (TPSA) is 106 Å². The van der Waals surface area contributed by atoms with Crippen LogP contribution in [0.15, 0.2) is 60.7 Å². The lowest BCUT2D eigenvalue weighted by Gasteiger charge is -2.30. The normalized spacial score (nSPS) is 13.3. The predicted molar refractivity (Wildman–Crippen MR) is 132 cm³/mol. The van der Waals surface area contributed by atoms with Crippen LogP contribution in [-0.4, -0.2) is 45.2 Å². The summed E-state index contributed by atoms with van der Waals surface area (Å²) in [6.45, 7) is 2.47. The molecular weight excluding hydrogens is 451 g/mol. The van der Waals surface area contributed by atoms with E-state index in [2.05, 4.69) is 10.6 Å². The molecule has 4 rings (SSSR count). The van der Waals surface area contributed by atoms with Crippen LogP contribution in [-0.2, 0) is 11.3 Å². The number of ether oxygens (including phenoxy) is 2. The molecule has 0 bridgehead atoms. The maximum absolute atomic E-state index is 14.0. The van der Waals surface area contributed by atoms with E-state index in [1.165, 1.54) is 19.2 Å². The third-order valence-electron chi connectivity index (χ3n) is 5.73. The van der Waals surface area contributed by atoms with Gasteiger partial charge in [-0.2, -0.15) is 0 Å². The number of hydrogen-bond donors (Lipinski definition) is 3. The van der Waals surface area contributed by atoms with E-state index >= 15 is 0 Å². The lowest BCUT2D eigenvalue weighted by atomic mass is 10.1. The van der Waals surface area contributed by atoms with Crippen molar-refractivity contribution in [2.45, 2.75) is 6.54 Å². The van der Waals surface area contributed by atoms with Crippen LogP contribution in [0.25, 0.3) is 0 Å². The summed E-state index contributed by atoms with van der Waals surface area (Å²) in [5, 5.41) is 5.61. The Morgan fingerprint density at radius 1 is 1.03 bits per heavy atom. The number of morpholine rings is 1. The molecule has 9 heteroatoms. The van der Waals surface area contributed by atoms with Gasteiger partial charge in [0.15, 0.2) is 0 Å². The van der Waals surface area contributed by atoms with Crippen LogP contribution in [0.3, 0.4) is 0 Å². The van der Waals surface area contributed by atoms with Crippen molar-refractivity contribution in [2.24, 2.45) is 0 Å². The molecule has 0 atom stereocenters. The fourth-order valence-electron chi connectivity index (χ4n) is 3.89. The monoisotopic (exact) mass is 478 g/mol. The molecule has 1 saturated heterocycles. The van der Waals surface area contributed by atoms with Crippen LogP contribution in [0.4, 0.5) is 21.5 Å². The third-order valence-corrected chi connectivity index (χ3v) is 5.73. The number of carbonyl (C=O) groups is 2. The van der Waals surface area contributed by atoms with Crippen LogP contribution in [0.1, 0.15) is 26.3 Å². The molecule has 0 aliphatic carbocycles. The van der Waals surface area contributed by atoms with Crippen molar-refractivity contribution in [2.75, 3.05) is 49.4 Å². The maximum atomic E-state index is 14.0. The zero-order chi connectivity index (χ0) is 24.8. The van der Waals surface area contributed by atoms with Gasteiger partial charge < -0.3 is 30.7 Å². The molecule has 1 heterocycles. The number of nitrogen functional groups attached to an aromatic ring is 1. The van der Waals surface area contributed by atoms with E-state index in [-0.39, 0.29) is 12.1 Å². The van der Waals surface area contributed by atoms with Gasteiger partial charge in [-0.25, -0.2) is 4.39 Å². The smallest absolute Gasteiger partial charge is 0.259 e. The van der Waals surface area contributed by atoms with E-state index in [0.29, 0.717) is 60.2 Å². The van der Waals surface area contributed by atoms with Crippen molar-refractivity contribution in [3.05, 3.63) is 83.2 Å². The number of nitrogens with zero attached hydrogens (tertiary/aromatic N) is 1. The number of nitrogens with two attached hydrogens (primary N) is 1. The quantitative estimate of drug-likeness (QED) is 0.450. The Kier molecular flexibility index (Phi) is 7.47. The molecule has 0 radical (unpaired) electrons.